The molecule has 1 aliphatic rings. The summed E-state index contributed by atoms with van der Waals surface area (Å²) in [7, 11) is -3.53. The average molecular weight is 355 g/mol. The molecule has 2 rings (SSSR count). The van der Waals surface area contributed by atoms with E-state index in [0.29, 0.717) is 18.8 Å². The molecule has 0 saturated carbocycles. The van der Waals surface area contributed by atoms with E-state index in [4.69, 9.17) is 4.74 Å². The Labute approximate surface area is 143 Å². The second-order valence-corrected chi connectivity index (χ2v) is 9.11. The molecule has 1 aliphatic heterocycles. The van der Waals surface area contributed by atoms with Crippen molar-refractivity contribution in [2.24, 2.45) is 5.92 Å². The fourth-order valence-electron chi connectivity index (χ4n) is 2.78. The lowest BCUT2D eigenvalue weighted by Crippen LogP contribution is -2.44. The molecule has 7 nitrogen and oxygen atoms in total. The lowest BCUT2D eigenvalue weighted by molar-refractivity contribution is 0.0176. The predicted molar refractivity (Wildman–Crippen MR) is 89.4 cm³/mol. The van der Waals surface area contributed by atoms with Crippen molar-refractivity contribution < 1.29 is 17.9 Å². The molecule has 0 spiro atoms. The summed E-state index contributed by atoms with van der Waals surface area (Å²) in [6, 6.07) is 0. The lowest BCUT2D eigenvalue weighted by Gasteiger charge is -2.34. The number of sulfone groups is 1. The molecule has 24 heavy (non-hydrogen) atoms. The highest BCUT2D eigenvalue weighted by Gasteiger charge is 2.31. The number of amides is 1. The monoisotopic (exact) mass is 355 g/mol. The molecule has 0 radical (unpaired) electrons. The molecule has 0 aromatic carbocycles. The van der Waals surface area contributed by atoms with Gasteiger partial charge in [-0.15, -0.1) is 0 Å². The summed E-state index contributed by atoms with van der Waals surface area (Å²) in [5.41, 5.74) is -0.162. The molecule has 0 aliphatic carbocycles. The van der Waals surface area contributed by atoms with Crippen molar-refractivity contribution in [2.75, 3.05) is 18.8 Å². The van der Waals surface area contributed by atoms with Crippen molar-refractivity contribution in [3.8, 4) is 0 Å². The molecule has 8 heteroatoms. The highest BCUT2D eigenvalue weighted by Crippen LogP contribution is 2.23. The van der Waals surface area contributed by atoms with Crippen molar-refractivity contribution in [2.45, 2.75) is 51.2 Å². The Kier molecular flexibility index (Phi) is 5.47. The van der Waals surface area contributed by atoms with Gasteiger partial charge in [-0.2, -0.15) is 0 Å². The van der Waals surface area contributed by atoms with Gasteiger partial charge in [0.05, 0.1) is 11.4 Å². The zero-order chi connectivity index (χ0) is 18.0. The maximum absolute atomic E-state index is 12.6. The molecule has 1 atom stereocenters. The zero-order valence-electron chi connectivity index (χ0n) is 14.7. The number of carbonyl (C=O) groups is 1. The first-order chi connectivity index (χ1) is 11.1. The van der Waals surface area contributed by atoms with E-state index >= 15 is 0 Å². The van der Waals surface area contributed by atoms with Gasteiger partial charge in [0.1, 0.15) is 5.60 Å². The molecule has 1 amide bonds. The van der Waals surface area contributed by atoms with E-state index in [0.717, 1.165) is 12.8 Å². The molecule has 134 valence electrons. The van der Waals surface area contributed by atoms with Gasteiger partial charge in [-0.25, -0.2) is 18.2 Å². The maximum atomic E-state index is 12.6. The van der Waals surface area contributed by atoms with Gasteiger partial charge in [0.2, 0.25) is 0 Å². The van der Waals surface area contributed by atoms with Crippen LogP contribution in [0.15, 0.2) is 17.4 Å². The number of carbonyl (C=O) groups excluding carboxylic acids is 1. The van der Waals surface area contributed by atoms with Crippen LogP contribution in [0.1, 0.15) is 39.3 Å². The number of hydrogen-bond acceptors (Lipinski definition) is 6. The number of nitrogens with zero attached hydrogens (tertiary/aromatic N) is 3. The minimum atomic E-state index is -3.53. The molecule has 2 heterocycles. The van der Waals surface area contributed by atoms with Gasteiger partial charge in [-0.3, -0.25) is 4.98 Å². The van der Waals surface area contributed by atoms with E-state index < -0.39 is 15.4 Å². The lowest BCUT2D eigenvalue weighted by atomic mass is 10.0. The van der Waals surface area contributed by atoms with Crippen LogP contribution in [0.25, 0.3) is 0 Å². The van der Waals surface area contributed by atoms with Crippen LogP contribution in [-0.2, 0) is 14.6 Å². The second-order valence-electron chi connectivity index (χ2n) is 7.16. The minimum absolute atomic E-state index is 0.0272. The standard InChI is InChI=1S/C16H25N3O4S/c1-12-14(18-8-7-17-12)24(21,22)11-13-6-5-9-19(10-13)15(20)23-16(2,3)4/h7-8,13H,5-6,9-11H2,1-4H3/t13-/m0/s1. The van der Waals surface area contributed by atoms with Gasteiger partial charge in [0.15, 0.2) is 14.9 Å². The normalized spacial score (nSPS) is 19.2. The van der Waals surface area contributed by atoms with Crippen LogP contribution >= 0.6 is 0 Å². The summed E-state index contributed by atoms with van der Waals surface area (Å²) in [4.78, 5) is 21.7. The first-order valence-electron chi connectivity index (χ1n) is 8.07. The van der Waals surface area contributed by atoms with E-state index in [2.05, 4.69) is 9.97 Å². The molecule has 1 aromatic heterocycles. The number of aryl methyl sites for hydroxylation is 1. The van der Waals surface area contributed by atoms with E-state index in [1.807, 2.05) is 20.8 Å². The summed E-state index contributed by atoms with van der Waals surface area (Å²) >= 11 is 0. The first-order valence-corrected chi connectivity index (χ1v) is 9.72. The zero-order valence-corrected chi connectivity index (χ0v) is 15.5. The first kappa shape index (κ1) is 18.6. The Balaban J connectivity index is 2.05. The number of aromatic nitrogens is 2. The number of ether oxygens (including phenoxy) is 1. The Morgan fingerprint density at radius 2 is 2.00 bits per heavy atom. The predicted octanol–water partition coefficient (Wildman–Crippen LogP) is 2.21. The largest absolute Gasteiger partial charge is 0.444 e. The van der Waals surface area contributed by atoms with Crippen LogP contribution in [0.5, 0.6) is 0 Å². The van der Waals surface area contributed by atoms with E-state index in [9.17, 15) is 13.2 Å². The van der Waals surface area contributed by atoms with Crippen molar-refractivity contribution in [3.05, 3.63) is 18.1 Å². The summed E-state index contributed by atoms with van der Waals surface area (Å²) < 4.78 is 30.6. The van der Waals surface area contributed by atoms with Crippen LogP contribution in [-0.4, -0.2) is 53.8 Å². The third-order valence-corrected chi connectivity index (χ3v) is 5.66. The Morgan fingerprint density at radius 3 is 2.62 bits per heavy atom. The number of rotatable bonds is 3. The second kappa shape index (κ2) is 7.04. The number of likely N-dealkylation sites (tertiary alicyclic amines) is 1. The van der Waals surface area contributed by atoms with Crippen molar-refractivity contribution in [1.29, 1.82) is 0 Å². The van der Waals surface area contributed by atoms with Gasteiger partial charge in [0.25, 0.3) is 0 Å². The molecule has 1 fully saturated rings. The highest BCUT2D eigenvalue weighted by molar-refractivity contribution is 7.91. The smallest absolute Gasteiger partial charge is 0.410 e. The summed E-state index contributed by atoms with van der Waals surface area (Å²) in [6.45, 7) is 8.05. The van der Waals surface area contributed by atoms with Gasteiger partial charge in [0, 0.05) is 25.5 Å². The van der Waals surface area contributed by atoms with E-state index in [1.165, 1.54) is 12.4 Å². The molecular formula is C16H25N3O4S. The van der Waals surface area contributed by atoms with Crippen LogP contribution < -0.4 is 0 Å². The SMILES string of the molecule is Cc1nccnc1S(=O)(=O)C[C@H]1CCCN(C(=O)OC(C)(C)C)C1. The van der Waals surface area contributed by atoms with Gasteiger partial charge >= 0.3 is 6.09 Å². The fourth-order valence-corrected chi connectivity index (χ4v) is 4.56. The molecule has 0 N–H and O–H groups in total. The topological polar surface area (TPSA) is 89.5 Å². The van der Waals surface area contributed by atoms with Crippen molar-refractivity contribution in [1.82, 2.24) is 14.9 Å². The third kappa shape index (κ3) is 4.90. The summed E-state index contributed by atoms with van der Waals surface area (Å²) in [5.74, 6) is -0.163. The fraction of sp³-hybridized carbons (Fsp3) is 0.688. The molecule has 1 aromatic rings. The van der Waals surface area contributed by atoms with Crippen LogP contribution in [0.4, 0.5) is 4.79 Å². The Hall–Kier alpha value is -1.70. The summed E-state index contributed by atoms with van der Waals surface area (Å²) in [6.07, 6.45) is 3.99. The molecule has 0 bridgehead atoms. The van der Waals surface area contributed by atoms with Crippen LogP contribution in [0.2, 0.25) is 0 Å². The van der Waals surface area contributed by atoms with Gasteiger partial charge in [-0.1, -0.05) is 0 Å². The number of hydrogen-bond donors (Lipinski definition) is 0. The van der Waals surface area contributed by atoms with Crippen LogP contribution in [0, 0.1) is 12.8 Å². The Bertz CT molecular complexity index is 698. The molecule has 0 unspecified atom stereocenters. The van der Waals surface area contributed by atoms with Crippen molar-refractivity contribution >= 4 is 15.9 Å². The molecule has 1 saturated heterocycles. The van der Waals surface area contributed by atoms with Gasteiger partial charge in [-0.05, 0) is 46.5 Å². The minimum Gasteiger partial charge on any atom is -0.444 e. The highest BCUT2D eigenvalue weighted by atomic mass is 32.2. The summed E-state index contributed by atoms with van der Waals surface area (Å²) in [5, 5.41) is 0.0272. The van der Waals surface area contributed by atoms with E-state index in [-0.39, 0.29) is 22.8 Å². The van der Waals surface area contributed by atoms with E-state index in [1.54, 1.807) is 11.8 Å². The van der Waals surface area contributed by atoms with Gasteiger partial charge < -0.3 is 9.64 Å². The number of piperidine rings is 1. The Morgan fingerprint density at radius 1 is 1.33 bits per heavy atom. The maximum Gasteiger partial charge on any atom is 0.410 e. The third-order valence-electron chi connectivity index (χ3n) is 3.76. The molecular weight excluding hydrogens is 330 g/mol. The quantitative estimate of drug-likeness (QED) is 0.826. The van der Waals surface area contributed by atoms with Crippen LogP contribution in [0.3, 0.4) is 0 Å². The average Bonchev–Trinajstić information content (AvgIpc) is 2.45. The van der Waals surface area contributed by atoms with Crippen molar-refractivity contribution in [3.63, 3.8) is 0 Å².